The van der Waals surface area contributed by atoms with Crippen molar-refractivity contribution >= 4 is 17.3 Å². The van der Waals surface area contributed by atoms with E-state index in [2.05, 4.69) is 14.5 Å². The lowest BCUT2D eigenvalue weighted by molar-refractivity contribution is 0.702. The molecule has 2 heterocycles. The van der Waals surface area contributed by atoms with Gasteiger partial charge in [0.1, 0.15) is 0 Å². The van der Waals surface area contributed by atoms with Crippen LogP contribution in [-0.2, 0) is 13.0 Å². The molecule has 4 nitrogen and oxygen atoms in total. The molecule has 5 heteroatoms. The SMILES string of the molecule is Nc1ccncc1-c1cncn1CCc1ccc(Cl)cc1. The highest BCUT2D eigenvalue weighted by Crippen LogP contribution is 2.24. The zero-order valence-electron chi connectivity index (χ0n) is 11.4. The first-order valence-corrected chi connectivity index (χ1v) is 7.06. The van der Waals surface area contributed by atoms with Crippen molar-refractivity contribution in [1.82, 2.24) is 14.5 Å². The minimum Gasteiger partial charge on any atom is -0.398 e. The van der Waals surface area contributed by atoms with Gasteiger partial charge in [0.05, 0.1) is 18.2 Å². The maximum absolute atomic E-state index is 6.01. The van der Waals surface area contributed by atoms with Crippen LogP contribution in [0.4, 0.5) is 5.69 Å². The Morgan fingerprint density at radius 3 is 2.62 bits per heavy atom. The lowest BCUT2D eigenvalue weighted by Gasteiger charge is -2.10. The highest BCUT2D eigenvalue weighted by atomic mass is 35.5. The van der Waals surface area contributed by atoms with Crippen molar-refractivity contribution in [2.24, 2.45) is 0 Å². The molecule has 0 spiro atoms. The second kappa shape index (κ2) is 5.97. The smallest absolute Gasteiger partial charge is 0.0951 e. The molecule has 2 aromatic heterocycles. The molecule has 1 aromatic carbocycles. The second-order valence-corrected chi connectivity index (χ2v) is 5.25. The van der Waals surface area contributed by atoms with E-state index in [1.807, 2.05) is 36.8 Å². The molecule has 0 aliphatic carbocycles. The van der Waals surface area contributed by atoms with Gasteiger partial charge < -0.3 is 10.3 Å². The van der Waals surface area contributed by atoms with E-state index in [9.17, 15) is 0 Å². The van der Waals surface area contributed by atoms with E-state index < -0.39 is 0 Å². The topological polar surface area (TPSA) is 56.7 Å². The Balaban J connectivity index is 1.80. The van der Waals surface area contributed by atoms with Crippen LogP contribution in [0.3, 0.4) is 0 Å². The van der Waals surface area contributed by atoms with Gasteiger partial charge in [0.25, 0.3) is 0 Å². The van der Waals surface area contributed by atoms with Crippen LogP contribution >= 0.6 is 11.6 Å². The molecule has 0 fully saturated rings. The van der Waals surface area contributed by atoms with Crippen LogP contribution in [0.25, 0.3) is 11.3 Å². The Hall–Kier alpha value is -2.33. The molecular weight excluding hydrogens is 284 g/mol. The first kappa shape index (κ1) is 13.6. The summed E-state index contributed by atoms with van der Waals surface area (Å²) in [6.45, 7) is 0.825. The average molecular weight is 299 g/mol. The summed E-state index contributed by atoms with van der Waals surface area (Å²) in [4.78, 5) is 8.36. The predicted molar refractivity (Wildman–Crippen MR) is 85.0 cm³/mol. The molecular formula is C16H15ClN4. The van der Waals surface area contributed by atoms with E-state index in [-0.39, 0.29) is 0 Å². The van der Waals surface area contributed by atoms with Gasteiger partial charge in [-0.1, -0.05) is 23.7 Å². The number of hydrogen-bond acceptors (Lipinski definition) is 3. The first-order valence-electron chi connectivity index (χ1n) is 6.68. The van der Waals surface area contributed by atoms with Crippen molar-refractivity contribution in [2.45, 2.75) is 13.0 Å². The molecule has 3 aromatic rings. The predicted octanol–water partition coefficient (Wildman–Crippen LogP) is 3.42. The van der Waals surface area contributed by atoms with E-state index in [1.54, 1.807) is 18.5 Å². The Morgan fingerprint density at radius 1 is 1.05 bits per heavy atom. The fraction of sp³-hybridized carbons (Fsp3) is 0.125. The van der Waals surface area contributed by atoms with Crippen LogP contribution in [0.15, 0.2) is 55.2 Å². The van der Waals surface area contributed by atoms with Crippen molar-refractivity contribution in [3.05, 3.63) is 65.8 Å². The van der Waals surface area contributed by atoms with Gasteiger partial charge in [-0.3, -0.25) is 4.98 Å². The summed E-state index contributed by atoms with van der Waals surface area (Å²) in [7, 11) is 0. The molecule has 0 unspecified atom stereocenters. The van der Waals surface area contributed by atoms with Gasteiger partial charge in [0, 0.05) is 35.2 Å². The van der Waals surface area contributed by atoms with E-state index >= 15 is 0 Å². The third-order valence-electron chi connectivity index (χ3n) is 3.40. The number of halogens is 1. The number of aryl methyl sites for hydroxylation is 2. The fourth-order valence-corrected chi connectivity index (χ4v) is 2.37. The van der Waals surface area contributed by atoms with Gasteiger partial charge in [-0.05, 0) is 30.2 Å². The van der Waals surface area contributed by atoms with Crippen molar-refractivity contribution in [1.29, 1.82) is 0 Å². The molecule has 0 aliphatic rings. The number of pyridine rings is 1. The summed E-state index contributed by atoms with van der Waals surface area (Å²) in [5, 5.41) is 0.755. The molecule has 0 bridgehead atoms. The maximum atomic E-state index is 6.01. The molecule has 0 amide bonds. The second-order valence-electron chi connectivity index (χ2n) is 4.81. The Labute approximate surface area is 128 Å². The van der Waals surface area contributed by atoms with Crippen LogP contribution in [0.2, 0.25) is 5.02 Å². The number of imidazole rings is 1. The zero-order valence-corrected chi connectivity index (χ0v) is 12.2. The van der Waals surface area contributed by atoms with Crippen LogP contribution in [0.1, 0.15) is 5.56 Å². The summed E-state index contributed by atoms with van der Waals surface area (Å²) in [5.41, 5.74) is 9.84. The van der Waals surface area contributed by atoms with Gasteiger partial charge in [-0.15, -0.1) is 0 Å². The van der Waals surface area contributed by atoms with Crippen molar-refractivity contribution in [3.63, 3.8) is 0 Å². The van der Waals surface area contributed by atoms with Crippen molar-refractivity contribution in [2.75, 3.05) is 5.73 Å². The molecule has 0 radical (unpaired) electrons. The van der Waals surface area contributed by atoms with Crippen LogP contribution < -0.4 is 5.73 Å². The normalized spacial score (nSPS) is 10.7. The third kappa shape index (κ3) is 3.06. The summed E-state index contributed by atoms with van der Waals surface area (Å²) >= 11 is 5.90. The van der Waals surface area contributed by atoms with Gasteiger partial charge in [0.2, 0.25) is 0 Å². The third-order valence-corrected chi connectivity index (χ3v) is 3.65. The van der Waals surface area contributed by atoms with Crippen molar-refractivity contribution in [3.8, 4) is 11.3 Å². The van der Waals surface area contributed by atoms with Crippen LogP contribution in [0.5, 0.6) is 0 Å². The molecule has 106 valence electrons. The number of hydrogen-bond donors (Lipinski definition) is 1. The molecule has 0 saturated carbocycles. The largest absolute Gasteiger partial charge is 0.398 e. The van der Waals surface area contributed by atoms with Crippen LogP contribution in [0, 0.1) is 0 Å². The van der Waals surface area contributed by atoms with Crippen LogP contribution in [-0.4, -0.2) is 14.5 Å². The number of nitrogens with two attached hydrogens (primary N) is 1. The van der Waals surface area contributed by atoms with Gasteiger partial charge >= 0.3 is 0 Å². The number of aromatic nitrogens is 3. The minimum absolute atomic E-state index is 0.707. The van der Waals surface area contributed by atoms with E-state index in [1.165, 1.54) is 5.56 Å². The molecule has 0 saturated heterocycles. The van der Waals surface area contributed by atoms with E-state index in [0.717, 1.165) is 29.2 Å². The molecule has 2 N–H and O–H groups in total. The first-order chi connectivity index (χ1) is 10.2. The lowest BCUT2D eigenvalue weighted by atomic mass is 10.1. The molecule has 3 rings (SSSR count). The molecule has 0 aliphatic heterocycles. The van der Waals surface area contributed by atoms with Gasteiger partial charge in [-0.25, -0.2) is 4.98 Å². The Kier molecular flexibility index (Phi) is 3.88. The summed E-state index contributed by atoms with van der Waals surface area (Å²) < 4.78 is 2.09. The monoisotopic (exact) mass is 298 g/mol. The number of nitrogens with zero attached hydrogens (tertiary/aromatic N) is 3. The minimum atomic E-state index is 0.707. The van der Waals surface area contributed by atoms with Crippen molar-refractivity contribution < 1.29 is 0 Å². The fourth-order valence-electron chi connectivity index (χ4n) is 2.24. The molecule has 0 atom stereocenters. The maximum Gasteiger partial charge on any atom is 0.0951 e. The van der Waals surface area contributed by atoms with Gasteiger partial charge in [-0.2, -0.15) is 0 Å². The lowest BCUT2D eigenvalue weighted by Crippen LogP contribution is -2.03. The standard InChI is InChI=1S/C16H15ClN4/c17-13-3-1-12(2-4-13)6-8-21-11-20-10-16(21)14-9-19-7-5-15(14)18/h1-5,7,9-11H,6,8H2,(H2,18,19). The molecule has 21 heavy (non-hydrogen) atoms. The highest BCUT2D eigenvalue weighted by Gasteiger charge is 2.08. The number of rotatable bonds is 4. The number of benzene rings is 1. The number of nitrogen functional groups attached to an aromatic ring is 1. The summed E-state index contributed by atoms with van der Waals surface area (Å²) in [6.07, 6.45) is 7.99. The number of anilines is 1. The van der Waals surface area contributed by atoms with E-state index in [4.69, 9.17) is 17.3 Å². The van der Waals surface area contributed by atoms with E-state index in [0.29, 0.717) is 5.69 Å². The average Bonchev–Trinajstić information content (AvgIpc) is 2.95. The van der Waals surface area contributed by atoms with Gasteiger partial charge in [0.15, 0.2) is 0 Å². The quantitative estimate of drug-likeness (QED) is 0.803. The highest BCUT2D eigenvalue weighted by molar-refractivity contribution is 6.30. The Bertz CT molecular complexity index is 734. The zero-order chi connectivity index (χ0) is 14.7. The summed E-state index contributed by atoms with van der Waals surface area (Å²) in [6, 6.07) is 9.69. The summed E-state index contributed by atoms with van der Waals surface area (Å²) in [5.74, 6) is 0. The Morgan fingerprint density at radius 2 is 1.86 bits per heavy atom.